The van der Waals surface area contributed by atoms with E-state index in [0.717, 1.165) is 48.4 Å². The second-order valence-corrected chi connectivity index (χ2v) is 5.87. The van der Waals surface area contributed by atoms with Crippen LogP contribution in [0.4, 0.5) is 0 Å². The lowest BCUT2D eigenvalue weighted by atomic mass is 10.4. The summed E-state index contributed by atoms with van der Waals surface area (Å²) in [6.07, 6.45) is 3.92. The maximum absolute atomic E-state index is 5.70. The van der Waals surface area contributed by atoms with Crippen molar-refractivity contribution in [2.45, 2.75) is 0 Å². The summed E-state index contributed by atoms with van der Waals surface area (Å²) in [5, 5.41) is 0. The molecule has 0 aromatic rings. The quantitative estimate of drug-likeness (QED) is 0.225. The van der Waals surface area contributed by atoms with Gasteiger partial charge >= 0.3 is 0 Å². The molecule has 0 heterocycles. The summed E-state index contributed by atoms with van der Waals surface area (Å²) in [6, 6.07) is 0. The third kappa shape index (κ3) is 14.2. The van der Waals surface area contributed by atoms with Crippen molar-refractivity contribution in [3.63, 3.8) is 0 Å². The predicted octanol–water partition coefficient (Wildman–Crippen LogP) is -4.46. The van der Waals surface area contributed by atoms with Crippen LogP contribution in [0.2, 0.25) is 0 Å². The van der Waals surface area contributed by atoms with Gasteiger partial charge in [-0.05, 0) is 12.2 Å². The topological polar surface area (TPSA) is 9.23 Å². The van der Waals surface area contributed by atoms with Crippen LogP contribution in [0.5, 0.6) is 0 Å². The van der Waals surface area contributed by atoms with Gasteiger partial charge in [0.15, 0.2) is 0 Å². The molecule has 0 radical (unpaired) electrons. The highest BCUT2D eigenvalue weighted by molar-refractivity contribution is 4.65. The fourth-order valence-electron chi connectivity index (χ4n) is 1.61. The molecular weight excluding hydrogens is 283 g/mol. The van der Waals surface area contributed by atoms with E-state index in [0.29, 0.717) is 0 Å². The fraction of sp³-hybridized carbons (Fsp3) is 0.714. The average molecular weight is 313 g/mol. The Labute approximate surface area is 131 Å². The minimum atomic E-state index is 0. The lowest BCUT2D eigenvalue weighted by molar-refractivity contribution is -0.888. The van der Waals surface area contributed by atoms with Crippen molar-refractivity contribution in [1.82, 2.24) is 0 Å². The molecule has 0 aliphatic heterocycles. The molecular formula is C14H30Cl2N2O. The zero-order chi connectivity index (χ0) is 13.4. The van der Waals surface area contributed by atoms with E-state index in [1.54, 1.807) is 0 Å². The standard InChI is InChI=1S/C14H30N2O.2ClH/c1-7-9-15(3,4)11-13-17-14-12-16(5,6)10-8-2;;/h7-8H,1-2,9-14H2,3-6H3;2*1H/q+2;;/p-2. The minimum absolute atomic E-state index is 0. The highest BCUT2D eigenvalue weighted by Gasteiger charge is 2.14. The zero-order valence-electron chi connectivity index (χ0n) is 12.9. The van der Waals surface area contributed by atoms with E-state index < -0.39 is 0 Å². The van der Waals surface area contributed by atoms with Crippen LogP contribution in [0.25, 0.3) is 0 Å². The molecule has 0 unspecified atom stereocenters. The van der Waals surface area contributed by atoms with Gasteiger partial charge in [-0.1, -0.05) is 13.2 Å². The van der Waals surface area contributed by atoms with Crippen LogP contribution in [-0.4, -0.2) is 76.5 Å². The van der Waals surface area contributed by atoms with Crippen LogP contribution in [0.1, 0.15) is 0 Å². The molecule has 0 aromatic carbocycles. The van der Waals surface area contributed by atoms with Crippen molar-refractivity contribution in [2.24, 2.45) is 0 Å². The molecule has 0 aliphatic rings. The van der Waals surface area contributed by atoms with Crippen molar-refractivity contribution < 1.29 is 38.5 Å². The number of nitrogens with zero attached hydrogens (tertiary/aromatic N) is 2. The molecule has 0 fully saturated rings. The van der Waals surface area contributed by atoms with Crippen molar-refractivity contribution in [1.29, 1.82) is 0 Å². The van der Waals surface area contributed by atoms with E-state index in [1.807, 2.05) is 12.2 Å². The van der Waals surface area contributed by atoms with E-state index in [9.17, 15) is 0 Å². The number of hydrogen-bond acceptors (Lipinski definition) is 1. The Bertz CT molecular complexity index is 220. The SMILES string of the molecule is C=CC[N+](C)(C)CCOCC[N+](C)(C)CC=C.[Cl-].[Cl-]. The molecule has 0 bridgehead atoms. The van der Waals surface area contributed by atoms with E-state index in [1.165, 1.54) is 0 Å². The maximum atomic E-state index is 5.70. The Morgan fingerprint density at radius 1 is 0.789 bits per heavy atom. The lowest BCUT2D eigenvalue weighted by Gasteiger charge is -2.30. The van der Waals surface area contributed by atoms with Gasteiger partial charge in [0.2, 0.25) is 0 Å². The zero-order valence-corrected chi connectivity index (χ0v) is 14.4. The average Bonchev–Trinajstić information content (AvgIpc) is 2.16. The molecule has 0 N–H and O–H groups in total. The second kappa shape index (κ2) is 11.7. The highest BCUT2D eigenvalue weighted by Crippen LogP contribution is 1.99. The number of quaternary nitrogens is 2. The second-order valence-electron chi connectivity index (χ2n) is 5.87. The van der Waals surface area contributed by atoms with Crippen molar-refractivity contribution in [3.8, 4) is 0 Å². The Morgan fingerprint density at radius 3 is 1.37 bits per heavy atom. The van der Waals surface area contributed by atoms with Gasteiger partial charge < -0.3 is 38.5 Å². The van der Waals surface area contributed by atoms with E-state index in [2.05, 4.69) is 41.3 Å². The molecule has 5 heteroatoms. The van der Waals surface area contributed by atoms with Gasteiger partial charge in [-0.3, -0.25) is 0 Å². The molecule has 0 aliphatic carbocycles. The summed E-state index contributed by atoms with van der Waals surface area (Å²) >= 11 is 0. The van der Waals surface area contributed by atoms with Crippen molar-refractivity contribution in [2.75, 3.05) is 67.6 Å². The molecule has 116 valence electrons. The van der Waals surface area contributed by atoms with E-state index >= 15 is 0 Å². The highest BCUT2D eigenvalue weighted by atomic mass is 35.5. The summed E-state index contributed by atoms with van der Waals surface area (Å²) in [7, 11) is 8.79. The molecule has 0 spiro atoms. The van der Waals surface area contributed by atoms with Gasteiger partial charge in [0.05, 0.1) is 54.5 Å². The summed E-state index contributed by atoms with van der Waals surface area (Å²) < 4.78 is 7.58. The van der Waals surface area contributed by atoms with Crippen molar-refractivity contribution in [3.05, 3.63) is 25.3 Å². The molecule has 0 saturated heterocycles. The molecule has 0 amide bonds. The number of hydrogen-bond donors (Lipinski definition) is 0. The summed E-state index contributed by atoms with van der Waals surface area (Å²) in [6.45, 7) is 13.2. The van der Waals surface area contributed by atoms with Gasteiger partial charge in [0.25, 0.3) is 0 Å². The number of halogens is 2. The Hall–Kier alpha value is -0.0600. The van der Waals surface area contributed by atoms with Gasteiger partial charge in [-0.25, -0.2) is 0 Å². The van der Waals surface area contributed by atoms with E-state index in [4.69, 9.17) is 4.74 Å². The molecule has 3 nitrogen and oxygen atoms in total. The van der Waals surface area contributed by atoms with Crippen LogP contribution in [0.15, 0.2) is 25.3 Å². The van der Waals surface area contributed by atoms with Gasteiger partial charge in [-0.2, -0.15) is 0 Å². The van der Waals surface area contributed by atoms with Crippen LogP contribution in [0, 0.1) is 0 Å². The van der Waals surface area contributed by atoms with Gasteiger partial charge in [0, 0.05) is 0 Å². The molecule has 0 rings (SSSR count). The number of likely N-dealkylation sites (N-methyl/N-ethyl adjacent to an activating group) is 2. The molecule has 19 heavy (non-hydrogen) atoms. The first-order chi connectivity index (χ1) is 7.83. The molecule has 0 atom stereocenters. The van der Waals surface area contributed by atoms with E-state index in [-0.39, 0.29) is 24.8 Å². The predicted molar refractivity (Wildman–Crippen MR) is 74.9 cm³/mol. The van der Waals surface area contributed by atoms with Crippen LogP contribution in [-0.2, 0) is 4.74 Å². The Kier molecular flexibility index (Phi) is 14.8. The normalized spacial score (nSPS) is 11.2. The summed E-state index contributed by atoms with van der Waals surface area (Å²) in [5.41, 5.74) is 0. The third-order valence-electron chi connectivity index (χ3n) is 2.93. The van der Waals surface area contributed by atoms with Gasteiger partial charge in [-0.15, -0.1) is 0 Å². The van der Waals surface area contributed by atoms with Crippen LogP contribution >= 0.6 is 0 Å². The monoisotopic (exact) mass is 312 g/mol. The Balaban J connectivity index is -0.00000128. The largest absolute Gasteiger partial charge is 1.00 e. The van der Waals surface area contributed by atoms with Gasteiger partial charge in [0.1, 0.15) is 13.1 Å². The van der Waals surface area contributed by atoms with Crippen LogP contribution < -0.4 is 24.8 Å². The smallest absolute Gasteiger partial charge is 0.102 e. The number of rotatable bonds is 10. The summed E-state index contributed by atoms with van der Waals surface area (Å²) in [4.78, 5) is 0. The third-order valence-corrected chi connectivity index (χ3v) is 2.93. The first kappa shape index (κ1) is 24.0. The first-order valence-corrected chi connectivity index (χ1v) is 6.26. The first-order valence-electron chi connectivity index (χ1n) is 6.26. The Morgan fingerprint density at radius 2 is 1.11 bits per heavy atom. The van der Waals surface area contributed by atoms with Crippen LogP contribution in [0.3, 0.4) is 0 Å². The lowest BCUT2D eigenvalue weighted by Crippen LogP contribution is -3.00. The number of ether oxygens (including phenoxy) is 1. The fourth-order valence-corrected chi connectivity index (χ4v) is 1.61. The molecule has 0 aromatic heterocycles. The van der Waals surface area contributed by atoms with Crippen molar-refractivity contribution >= 4 is 0 Å². The summed E-state index contributed by atoms with van der Waals surface area (Å²) in [5.74, 6) is 0. The minimum Gasteiger partial charge on any atom is -1.00 e. The molecule has 0 saturated carbocycles. The maximum Gasteiger partial charge on any atom is 0.102 e.